The molecule has 0 aliphatic heterocycles. The van der Waals surface area contributed by atoms with Crippen molar-refractivity contribution in [1.82, 2.24) is 24.7 Å². The number of halogens is 1. The highest BCUT2D eigenvalue weighted by Gasteiger charge is 2.24. The summed E-state index contributed by atoms with van der Waals surface area (Å²) in [7, 11) is 1.38. The number of nitrogens with two attached hydrogens (primary N) is 1. The Morgan fingerprint density at radius 2 is 1.88 bits per heavy atom. The van der Waals surface area contributed by atoms with Gasteiger partial charge in [0.1, 0.15) is 6.04 Å². The van der Waals surface area contributed by atoms with E-state index in [0.29, 0.717) is 12.2 Å². The lowest BCUT2D eigenvalue weighted by Gasteiger charge is -2.20. The van der Waals surface area contributed by atoms with Crippen molar-refractivity contribution in [1.29, 1.82) is 5.41 Å². The summed E-state index contributed by atoms with van der Waals surface area (Å²) in [5.74, 6) is -0.803. The normalized spacial score (nSPS) is 10.6. The quantitative estimate of drug-likeness (QED) is 0.160. The molecule has 0 saturated heterocycles. The minimum absolute atomic E-state index is 0.00592. The van der Waals surface area contributed by atoms with Crippen molar-refractivity contribution in [2.24, 2.45) is 5.73 Å². The first-order valence-electron chi connectivity index (χ1n) is 11.8. The van der Waals surface area contributed by atoms with Gasteiger partial charge in [-0.1, -0.05) is 17.7 Å². The molecule has 0 bridgehead atoms. The molecule has 2 heterocycles. The predicted octanol–water partition coefficient (Wildman–Crippen LogP) is 3.05. The number of rotatable bonds is 8. The minimum atomic E-state index is -0.833. The van der Waals surface area contributed by atoms with Crippen LogP contribution in [0.1, 0.15) is 36.8 Å². The number of nitrogens with zero attached hydrogens (tertiary/aromatic N) is 4. The number of aliphatic carboxylic acids is 1. The minimum Gasteiger partial charge on any atom is -0.490 e. The fraction of sp³-hybridized carbons (Fsp3) is 0.231. The van der Waals surface area contributed by atoms with Crippen molar-refractivity contribution in [3.05, 3.63) is 88.1 Å². The number of carboxylic acid groups (broad SMARTS) is 1. The molecule has 6 N–H and O–H groups in total. The lowest BCUT2D eigenvalue weighted by atomic mass is 10.0. The molecule has 0 spiro atoms. The van der Waals surface area contributed by atoms with Gasteiger partial charge in [-0.3, -0.25) is 15.2 Å². The fourth-order valence-electron chi connectivity index (χ4n) is 3.35. The number of nitrogens with one attached hydrogen (secondary N) is 3. The third-order valence-corrected chi connectivity index (χ3v) is 4.88. The van der Waals surface area contributed by atoms with Gasteiger partial charge < -0.3 is 25.6 Å². The van der Waals surface area contributed by atoms with Gasteiger partial charge in [-0.2, -0.15) is 0 Å². The van der Waals surface area contributed by atoms with Crippen LogP contribution in [0.2, 0.25) is 0 Å². The van der Waals surface area contributed by atoms with Crippen molar-refractivity contribution < 1.29 is 23.8 Å². The Morgan fingerprint density at radius 1 is 1.27 bits per heavy atom. The second-order valence-corrected chi connectivity index (χ2v) is 7.87. The number of aromatic amines is 1. The number of methoxy groups -OCH3 is 1. The van der Waals surface area contributed by atoms with Crippen molar-refractivity contribution in [3.63, 3.8) is 0 Å². The van der Waals surface area contributed by atoms with Crippen molar-refractivity contribution in [2.75, 3.05) is 19.0 Å². The van der Waals surface area contributed by atoms with E-state index >= 15 is 0 Å². The lowest BCUT2D eigenvalue weighted by Crippen LogP contribution is -2.18. The Bertz CT molecular complexity index is 1440. The highest BCUT2D eigenvalue weighted by Crippen LogP contribution is 2.36. The van der Waals surface area contributed by atoms with Crippen LogP contribution in [0.3, 0.4) is 0 Å². The van der Waals surface area contributed by atoms with Crippen molar-refractivity contribution in [3.8, 4) is 17.4 Å². The van der Waals surface area contributed by atoms with Crippen molar-refractivity contribution >= 4 is 18.0 Å². The van der Waals surface area contributed by atoms with Gasteiger partial charge in [0.2, 0.25) is 0 Å². The average molecular weight is 555 g/mol. The first kappa shape index (κ1) is 31.0. The van der Waals surface area contributed by atoms with Crippen LogP contribution in [0.5, 0.6) is 11.5 Å². The number of H-pyrrole nitrogens is 1. The number of ether oxygens (including phenoxy) is 2. The van der Waals surface area contributed by atoms with E-state index in [1.54, 1.807) is 19.1 Å². The van der Waals surface area contributed by atoms with E-state index in [9.17, 15) is 9.18 Å². The van der Waals surface area contributed by atoms with Crippen LogP contribution in [0.4, 0.5) is 10.1 Å². The van der Waals surface area contributed by atoms with Crippen LogP contribution in [0.15, 0.2) is 59.7 Å². The summed E-state index contributed by atoms with van der Waals surface area (Å²) < 4.78 is 26.7. The van der Waals surface area contributed by atoms with E-state index in [2.05, 4.69) is 31.1 Å². The average Bonchev–Trinajstić information content (AvgIpc) is 3.30. The fourth-order valence-corrected chi connectivity index (χ4v) is 3.35. The second kappa shape index (κ2) is 15.2. The predicted molar refractivity (Wildman–Crippen MR) is 147 cm³/mol. The molecule has 0 aliphatic rings. The van der Waals surface area contributed by atoms with Gasteiger partial charge in [-0.15, -0.1) is 9.78 Å². The van der Waals surface area contributed by atoms with Crippen LogP contribution in [0, 0.1) is 18.2 Å². The molecule has 2 aromatic carbocycles. The first-order valence-corrected chi connectivity index (χ1v) is 11.8. The van der Waals surface area contributed by atoms with Gasteiger partial charge in [-0.25, -0.2) is 19.2 Å². The molecule has 0 radical (unpaired) electrons. The maximum absolute atomic E-state index is 14.9. The molecule has 4 rings (SSSR count). The van der Waals surface area contributed by atoms with Gasteiger partial charge in [0.05, 0.1) is 20.1 Å². The molecule has 14 heteroatoms. The highest BCUT2D eigenvalue weighted by molar-refractivity contribution is 5.63. The molecular formula is C26H31FN8O5. The molecule has 2 aromatic heterocycles. The zero-order valence-electron chi connectivity index (χ0n) is 22.4. The standard InChI is InChI=1S/C23H23FN6O3.C2H4O2.CH4N2/c1-4-33-18-13-15(12-17(24)20(18)32-3)19(27-16-8-6-14(2)7-9-16)21-28-23(31)30(29-21)22-25-10-5-11-26-22;1-2(3)4;2-1-3/h5-13,19,27H,4H2,1-3H3,(H,28,29,31);1H3,(H,3,4);1H,(H3,2,3). The van der Waals surface area contributed by atoms with Crippen LogP contribution in [-0.4, -0.2) is 55.9 Å². The van der Waals surface area contributed by atoms with Crippen LogP contribution in [-0.2, 0) is 4.79 Å². The van der Waals surface area contributed by atoms with Gasteiger partial charge in [-0.05, 0) is 49.7 Å². The summed E-state index contributed by atoms with van der Waals surface area (Å²) in [6, 6.07) is 11.6. The van der Waals surface area contributed by atoms with Gasteiger partial charge in [0.15, 0.2) is 23.1 Å². The van der Waals surface area contributed by atoms with Gasteiger partial charge >= 0.3 is 5.69 Å². The lowest BCUT2D eigenvalue weighted by molar-refractivity contribution is -0.134. The molecule has 0 amide bonds. The third kappa shape index (κ3) is 8.65. The van der Waals surface area contributed by atoms with Gasteiger partial charge in [0, 0.05) is 25.0 Å². The van der Waals surface area contributed by atoms with E-state index in [4.69, 9.17) is 24.8 Å². The Labute approximate surface area is 229 Å². The largest absolute Gasteiger partial charge is 0.490 e. The highest BCUT2D eigenvalue weighted by atomic mass is 19.1. The van der Waals surface area contributed by atoms with Gasteiger partial charge in [0.25, 0.3) is 11.9 Å². The Balaban J connectivity index is 0.000000722. The van der Waals surface area contributed by atoms with E-state index in [-0.39, 0.29) is 23.3 Å². The molecule has 0 fully saturated rings. The molecule has 13 nitrogen and oxygen atoms in total. The second-order valence-electron chi connectivity index (χ2n) is 7.87. The van der Waals surface area contributed by atoms with Crippen molar-refractivity contribution in [2.45, 2.75) is 26.8 Å². The summed E-state index contributed by atoms with van der Waals surface area (Å²) in [4.78, 5) is 32.5. The molecule has 0 aliphatic carbocycles. The number of anilines is 1. The summed E-state index contributed by atoms with van der Waals surface area (Å²) >= 11 is 0. The number of carbonyl (C=O) groups is 1. The van der Waals surface area contributed by atoms with E-state index in [1.807, 2.05) is 31.2 Å². The Hall–Kier alpha value is -5.27. The number of aromatic nitrogens is 5. The summed E-state index contributed by atoms with van der Waals surface area (Å²) in [5, 5.41) is 21.0. The van der Waals surface area contributed by atoms with E-state index in [1.165, 1.54) is 25.6 Å². The summed E-state index contributed by atoms with van der Waals surface area (Å²) in [6.07, 6.45) is 3.77. The number of benzene rings is 2. The smallest absolute Gasteiger partial charge is 0.350 e. The SMILES string of the molecule is CC(=O)O.CCOc1cc(C(Nc2ccc(C)cc2)c2nn(-c3ncccn3)c(=O)[nH]2)cc(F)c1OC.N=CN. The van der Waals surface area contributed by atoms with E-state index in [0.717, 1.165) is 29.2 Å². The first-order chi connectivity index (χ1) is 19.1. The van der Waals surface area contributed by atoms with Crippen LogP contribution in [0.25, 0.3) is 5.95 Å². The Morgan fingerprint density at radius 3 is 2.42 bits per heavy atom. The van der Waals surface area contributed by atoms with Crippen LogP contribution < -0.4 is 26.2 Å². The molecule has 1 unspecified atom stereocenters. The Kier molecular flexibility index (Phi) is 11.8. The van der Waals surface area contributed by atoms with Crippen LogP contribution >= 0.6 is 0 Å². The maximum Gasteiger partial charge on any atom is 0.350 e. The maximum atomic E-state index is 14.9. The molecule has 1 atom stereocenters. The number of hydrogen-bond acceptors (Lipinski definition) is 9. The third-order valence-electron chi connectivity index (χ3n) is 4.88. The zero-order valence-corrected chi connectivity index (χ0v) is 22.4. The monoisotopic (exact) mass is 554 g/mol. The topological polar surface area (TPSA) is 194 Å². The molecule has 0 saturated carbocycles. The molecular weight excluding hydrogens is 523 g/mol. The zero-order chi connectivity index (χ0) is 29.7. The summed E-state index contributed by atoms with van der Waals surface area (Å²) in [5.41, 5.74) is 6.19. The van der Waals surface area contributed by atoms with E-state index < -0.39 is 23.5 Å². The molecule has 212 valence electrons. The summed E-state index contributed by atoms with van der Waals surface area (Å²) in [6.45, 7) is 5.19. The molecule has 4 aromatic rings. The molecule has 40 heavy (non-hydrogen) atoms. The number of hydrogen-bond donors (Lipinski definition) is 5. The number of carboxylic acids is 1. The number of aryl methyl sites for hydroxylation is 1.